The molecule has 3 aliphatic rings. The van der Waals surface area contributed by atoms with Crippen molar-refractivity contribution in [3.05, 3.63) is 0 Å². The second-order valence-corrected chi connectivity index (χ2v) is 6.83. The van der Waals surface area contributed by atoms with E-state index in [1.54, 1.807) is 0 Å². The summed E-state index contributed by atoms with van der Waals surface area (Å²) in [5, 5.41) is 3.65. The Bertz CT molecular complexity index is 504. The standard InChI is InChI=1S/C15H23NO7/c1-8(17)23-16-6-9-11-13(22-15(4,5)21-11)12-10(19-9)7-18-14(2,3)20-12/h6,9-13H,7H2,1-5H3/b16-6+/t9-,10+,11+,12+,13+/m0/s1. The van der Waals surface area contributed by atoms with Crippen LogP contribution in [0, 0.1) is 0 Å². The summed E-state index contributed by atoms with van der Waals surface area (Å²) >= 11 is 0. The van der Waals surface area contributed by atoms with Gasteiger partial charge in [0.05, 0.1) is 12.8 Å². The van der Waals surface area contributed by atoms with Crippen LogP contribution < -0.4 is 0 Å². The van der Waals surface area contributed by atoms with Crippen molar-refractivity contribution in [3.8, 4) is 0 Å². The van der Waals surface area contributed by atoms with Gasteiger partial charge in [-0.1, -0.05) is 5.16 Å². The van der Waals surface area contributed by atoms with E-state index >= 15 is 0 Å². The molecule has 0 saturated carbocycles. The second kappa shape index (κ2) is 5.78. The van der Waals surface area contributed by atoms with Crippen LogP contribution in [0.4, 0.5) is 0 Å². The predicted molar refractivity (Wildman–Crippen MR) is 77.6 cm³/mol. The number of rotatable bonds is 2. The van der Waals surface area contributed by atoms with Gasteiger partial charge in [-0.05, 0) is 27.7 Å². The molecule has 0 bridgehead atoms. The molecule has 0 spiro atoms. The molecule has 130 valence electrons. The molecule has 5 atom stereocenters. The number of ether oxygens (including phenoxy) is 5. The Balaban J connectivity index is 1.80. The molecule has 0 unspecified atom stereocenters. The van der Waals surface area contributed by atoms with E-state index in [-0.39, 0.29) is 18.3 Å². The zero-order valence-electron chi connectivity index (χ0n) is 14.0. The highest BCUT2D eigenvalue weighted by atomic mass is 16.8. The Morgan fingerprint density at radius 1 is 1.09 bits per heavy atom. The lowest BCUT2D eigenvalue weighted by Gasteiger charge is -2.47. The van der Waals surface area contributed by atoms with Crippen LogP contribution in [0.5, 0.6) is 0 Å². The monoisotopic (exact) mass is 329 g/mol. The van der Waals surface area contributed by atoms with Crippen LogP contribution in [0.25, 0.3) is 0 Å². The molecule has 8 nitrogen and oxygen atoms in total. The van der Waals surface area contributed by atoms with Gasteiger partial charge in [-0.25, -0.2) is 4.79 Å². The zero-order chi connectivity index (χ0) is 16.8. The molecular weight excluding hydrogens is 306 g/mol. The van der Waals surface area contributed by atoms with Crippen molar-refractivity contribution in [1.29, 1.82) is 0 Å². The van der Waals surface area contributed by atoms with E-state index < -0.39 is 29.8 Å². The highest BCUT2D eigenvalue weighted by Gasteiger charge is 2.58. The minimum absolute atomic E-state index is 0.302. The van der Waals surface area contributed by atoms with Gasteiger partial charge in [0.1, 0.15) is 30.5 Å². The van der Waals surface area contributed by atoms with Crippen LogP contribution in [0.3, 0.4) is 0 Å². The molecule has 23 heavy (non-hydrogen) atoms. The number of hydrogen-bond acceptors (Lipinski definition) is 8. The molecule has 0 aliphatic carbocycles. The van der Waals surface area contributed by atoms with Crippen molar-refractivity contribution in [2.24, 2.45) is 5.16 Å². The van der Waals surface area contributed by atoms with Gasteiger partial charge < -0.3 is 28.5 Å². The molecule has 0 amide bonds. The second-order valence-electron chi connectivity index (χ2n) is 6.83. The lowest BCUT2D eigenvalue weighted by Crippen LogP contribution is -2.63. The van der Waals surface area contributed by atoms with E-state index in [9.17, 15) is 4.79 Å². The fourth-order valence-electron chi connectivity index (χ4n) is 3.10. The Morgan fingerprint density at radius 3 is 2.43 bits per heavy atom. The number of carbonyl (C=O) groups is 1. The average Bonchev–Trinajstić information content (AvgIpc) is 2.74. The highest BCUT2D eigenvalue weighted by Crippen LogP contribution is 2.41. The molecule has 3 rings (SSSR count). The summed E-state index contributed by atoms with van der Waals surface area (Å²) in [6.45, 7) is 9.04. The van der Waals surface area contributed by atoms with E-state index in [0.717, 1.165) is 0 Å². The predicted octanol–water partition coefficient (Wildman–Crippen LogP) is 0.974. The van der Waals surface area contributed by atoms with E-state index in [4.69, 9.17) is 23.7 Å². The zero-order valence-corrected chi connectivity index (χ0v) is 14.0. The molecule has 3 heterocycles. The number of fused-ring (bicyclic) bond motifs is 3. The minimum atomic E-state index is -0.757. The van der Waals surface area contributed by atoms with Gasteiger partial charge in [0, 0.05) is 6.92 Å². The average molecular weight is 329 g/mol. The maximum Gasteiger partial charge on any atom is 0.331 e. The van der Waals surface area contributed by atoms with Gasteiger partial charge in [-0.2, -0.15) is 0 Å². The molecule has 0 N–H and O–H groups in total. The highest BCUT2D eigenvalue weighted by molar-refractivity contribution is 5.69. The number of carbonyl (C=O) groups excluding carboxylic acids is 1. The Labute approximate surface area is 135 Å². The van der Waals surface area contributed by atoms with Crippen LogP contribution in [-0.2, 0) is 33.3 Å². The molecule has 0 radical (unpaired) electrons. The van der Waals surface area contributed by atoms with Crippen molar-refractivity contribution in [1.82, 2.24) is 0 Å². The molecule has 3 saturated heterocycles. The van der Waals surface area contributed by atoms with Crippen LogP contribution >= 0.6 is 0 Å². The summed E-state index contributed by atoms with van der Waals surface area (Å²) in [4.78, 5) is 15.4. The first kappa shape index (κ1) is 16.8. The largest absolute Gasteiger partial charge is 0.361 e. The van der Waals surface area contributed by atoms with Crippen molar-refractivity contribution >= 4 is 12.2 Å². The molecule has 3 aliphatic heterocycles. The van der Waals surface area contributed by atoms with E-state index in [1.807, 2.05) is 27.7 Å². The first-order valence-electron chi connectivity index (χ1n) is 7.71. The van der Waals surface area contributed by atoms with Crippen molar-refractivity contribution in [2.45, 2.75) is 76.7 Å². The fraction of sp³-hybridized carbons (Fsp3) is 0.867. The normalized spacial score (nSPS) is 41.3. The molecule has 0 aromatic carbocycles. The maximum absolute atomic E-state index is 10.8. The third kappa shape index (κ3) is 3.56. The first-order valence-corrected chi connectivity index (χ1v) is 7.71. The molecular formula is C15H23NO7. The van der Waals surface area contributed by atoms with Crippen LogP contribution in [0.15, 0.2) is 5.16 Å². The first-order chi connectivity index (χ1) is 10.7. The Hall–Kier alpha value is -1.06. The Morgan fingerprint density at radius 2 is 1.74 bits per heavy atom. The molecule has 0 aromatic rings. The summed E-state index contributed by atoms with van der Waals surface area (Å²) in [5.74, 6) is -1.96. The summed E-state index contributed by atoms with van der Waals surface area (Å²) in [6, 6.07) is 0. The number of oxime groups is 1. The summed E-state index contributed by atoms with van der Waals surface area (Å²) in [5.41, 5.74) is 0. The topological polar surface area (TPSA) is 84.8 Å². The van der Waals surface area contributed by atoms with Gasteiger partial charge >= 0.3 is 5.97 Å². The summed E-state index contributed by atoms with van der Waals surface area (Å²) in [7, 11) is 0. The molecule has 3 fully saturated rings. The van der Waals surface area contributed by atoms with Crippen molar-refractivity contribution < 1.29 is 33.3 Å². The fourth-order valence-corrected chi connectivity index (χ4v) is 3.10. The lowest BCUT2D eigenvalue weighted by molar-refractivity contribution is -0.343. The molecule has 0 aromatic heterocycles. The summed E-state index contributed by atoms with van der Waals surface area (Å²) < 4.78 is 29.6. The number of hydrogen-bond donors (Lipinski definition) is 0. The van der Waals surface area contributed by atoms with E-state index in [1.165, 1.54) is 13.1 Å². The number of nitrogens with zero attached hydrogens (tertiary/aromatic N) is 1. The van der Waals surface area contributed by atoms with Gasteiger partial charge in [-0.3, -0.25) is 0 Å². The van der Waals surface area contributed by atoms with Crippen LogP contribution in [0.1, 0.15) is 34.6 Å². The van der Waals surface area contributed by atoms with E-state index in [2.05, 4.69) is 9.99 Å². The van der Waals surface area contributed by atoms with Crippen molar-refractivity contribution in [3.63, 3.8) is 0 Å². The Kier molecular flexibility index (Phi) is 4.22. The third-order valence-corrected chi connectivity index (χ3v) is 3.91. The quantitative estimate of drug-likeness (QED) is 0.424. The van der Waals surface area contributed by atoms with Gasteiger partial charge in [0.15, 0.2) is 11.6 Å². The van der Waals surface area contributed by atoms with Gasteiger partial charge in [-0.15, -0.1) is 0 Å². The lowest BCUT2D eigenvalue weighted by atomic mass is 9.94. The molecule has 8 heteroatoms. The van der Waals surface area contributed by atoms with Crippen LogP contribution in [-0.4, -0.2) is 60.9 Å². The van der Waals surface area contributed by atoms with E-state index in [0.29, 0.717) is 6.61 Å². The SMILES string of the molecule is CC(=O)O/N=C/[C@@H]1O[C@@H]2COC(C)(C)O[C@H]2[C@@H]2OC(C)(C)O[C@@H]21. The minimum Gasteiger partial charge on any atom is -0.361 e. The van der Waals surface area contributed by atoms with Crippen LogP contribution in [0.2, 0.25) is 0 Å². The smallest absolute Gasteiger partial charge is 0.331 e. The van der Waals surface area contributed by atoms with Gasteiger partial charge in [0.2, 0.25) is 0 Å². The van der Waals surface area contributed by atoms with Crippen molar-refractivity contribution in [2.75, 3.05) is 6.61 Å². The third-order valence-electron chi connectivity index (χ3n) is 3.91. The summed E-state index contributed by atoms with van der Waals surface area (Å²) in [6.07, 6.45) is -0.435. The maximum atomic E-state index is 10.8. The van der Waals surface area contributed by atoms with Gasteiger partial charge in [0.25, 0.3) is 0 Å².